The van der Waals surface area contributed by atoms with E-state index in [-0.39, 0.29) is 5.91 Å². The lowest BCUT2D eigenvalue weighted by molar-refractivity contribution is 0.0952. The fourth-order valence-corrected chi connectivity index (χ4v) is 1.18. The largest absolute Gasteiger partial charge is 0.352 e. The first kappa shape index (κ1) is 11.7. The van der Waals surface area contributed by atoms with E-state index < -0.39 is 0 Å². The monoisotopic (exact) mass is 207 g/mol. The summed E-state index contributed by atoms with van der Waals surface area (Å²) in [4.78, 5) is 15.6. The number of nitrogens with one attached hydrogen (secondary N) is 1. The van der Waals surface area contributed by atoms with Crippen molar-refractivity contribution in [1.29, 1.82) is 0 Å². The molecule has 0 spiro atoms. The fraction of sp³-hybridized carbons (Fsp3) is 0.455. The molecule has 1 aromatic heterocycles. The van der Waals surface area contributed by atoms with Crippen LogP contribution in [-0.4, -0.2) is 24.0 Å². The summed E-state index contributed by atoms with van der Waals surface area (Å²) < 4.78 is 0. The van der Waals surface area contributed by atoms with Crippen molar-refractivity contribution in [3.8, 4) is 0 Å². The number of pyridine rings is 1. The highest BCUT2D eigenvalue weighted by Gasteiger charge is 2.03. The molecule has 4 heteroatoms. The zero-order valence-electron chi connectivity index (χ0n) is 8.99. The summed E-state index contributed by atoms with van der Waals surface area (Å²) in [5, 5.41) is 2.82. The Hall–Kier alpha value is -1.42. The summed E-state index contributed by atoms with van der Waals surface area (Å²) in [7, 11) is 0. The third-order valence-electron chi connectivity index (χ3n) is 2.09. The van der Waals surface area contributed by atoms with Crippen LogP contribution in [-0.2, 0) is 0 Å². The van der Waals surface area contributed by atoms with E-state index in [0.717, 1.165) is 18.5 Å². The molecule has 0 saturated carbocycles. The number of carbonyl (C=O) groups is 1. The Labute approximate surface area is 89.9 Å². The highest BCUT2D eigenvalue weighted by atomic mass is 16.1. The molecule has 0 fully saturated rings. The van der Waals surface area contributed by atoms with Gasteiger partial charge in [0, 0.05) is 18.4 Å². The molecule has 0 unspecified atom stereocenters. The molecule has 82 valence electrons. The maximum Gasteiger partial charge on any atom is 0.252 e. The van der Waals surface area contributed by atoms with Gasteiger partial charge in [0.05, 0.1) is 5.56 Å². The average Bonchev–Trinajstić information content (AvgIpc) is 2.25. The van der Waals surface area contributed by atoms with Gasteiger partial charge in [-0.05, 0) is 38.4 Å². The predicted octanol–water partition coefficient (Wildman–Crippen LogP) is 0.859. The topological polar surface area (TPSA) is 68.0 Å². The lowest BCUT2D eigenvalue weighted by Crippen LogP contribution is -2.25. The van der Waals surface area contributed by atoms with Gasteiger partial charge >= 0.3 is 0 Å². The van der Waals surface area contributed by atoms with Gasteiger partial charge in [0.2, 0.25) is 0 Å². The van der Waals surface area contributed by atoms with Crippen LogP contribution in [0.25, 0.3) is 0 Å². The van der Waals surface area contributed by atoms with Gasteiger partial charge in [-0.2, -0.15) is 0 Å². The highest BCUT2D eigenvalue weighted by molar-refractivity contribution is 5.93. The summed E-state index contributed by atoms with van der Waals surface area (Å²) in [6, 6.07) is 3.61. The molecule has 0 aliphatic carbocycles. The Balaban J connectivity index is 2.37. The standard InChI is InChI=1S/C11H17N3O/c1-9-4-5-10(8-14-9)11(15)13-7-3-2-6-12/h4-5,8H,2-3,6-7,12H2,1H3,(H,13,15). The number of hydrogen-bond acceptors (Lipinski definition) is 3. The van der Waals surface area contributed by atoms with Crippen LogP contribution in [0.15, 0.2) is 18.3 Å². The molecule has 0 aliphatic heterocycles. The van der Waals surface area contributed by atoms with Crippen LogP contribution in [0.3, 0.4) is 0 Å². The number of rotatable bonds is 5. The van der Waals surface area contributed by atoms with Crippen LogP contribution >= 0.6 is 0 Å². The van der Waals surface area contributed by atoms with Crippen molar-refractivity contribution in [2.45, 2.75) is 19.8 Å². The van der Waals surface area contributed by atoms with Gasteiger partial charge in [-0.3, -0.25) is 9.78 Å². The van der Waals surface area contributed by atoms with Crippen molar-refractivity contribution < 1.29 is 4.79 Å². The zero-order chi connectivity index (χ0) is 11.1. The second kappa shape index (κ2) is 6.14. The number of nitrogens with zero attached hydrogens (tertiary/aromatic N) is 1. The van der Waals surface area contributed by atoms with Gasteiger partial charge in [-0.25, -0.2) is 0 Å². The molecule has 1 aromatic rings. The zero-order valence-corrected chi connectivity index (χ0v) is 8.99. The van der Waals surface area contributed by atoms with Crippen molar-refractivity contribution in [3.63, 3.8) is 0 Å². The van der Waals surface area contributed by atoms with E-state index in [0.29, 0.717) is 18.7 Å². The number of carbonyl (C=O) groups excluding carboxylic acids is 1. The second-order valence-electron chi connectivity index (χ2n) is 3.44. The normalized spacial score (nSPS) is 10.0. The molecule has 0 atom stereocenters. The van der Waals surface area contributed by atoms with Crippen LogP contribution in [0.2, 0.25) is 0 Å². The first-order valence-electron chi connectivity index (χ1n) is 5.15. The molecule has 1 amide bonds. The Bertz CT molecular complexity index is 308. The van der Waals surface area contributed by atoms with Crippen molar-refractivity contribution >= 4 is 5.91 Å². The lowest BCUT2D eigenvalue weighted by Gasteiger charge is -2.04. The molecule has 0 saturated heterocycles. The molecular formula is C11H17N3O. The van der Waals surface area contributed by atoms with E-state index in [9.17, 15) is 4.79 Å². The van der Waals surface area contributed by atoms with Crippen LogP contribution in [0.5, 0.6) is 0 Å². The quantitative estimate of drug-likeness (QED) is 0.704. The number of aromatic nitrogens is 1. The van der Waals surface area contributed by atoms with Crippen molar-refractivity contribution in [2.75, 3.05) is 13.1 Å². The molecule has 0 radical (unpaired) electrons. The summed E-state index contributed by atoms with van der Waals surface area (Å²) >= 11 is 0. The Morgan fingerprint density at radius 2 is 2.27 bits per heavy atom. The summed E-state index contributed by atoms with van der Waals surface area (Å²) in [5.41, 5.74) is 6.87. The number of unbranched alkanes of at least 4 members (excludes halogenated alkanes) is 1. The van der Waals surface area contributed by atoms with Gasteiger partial charge < -0.3 is 11.1 Å². The van der Waals surface area contributed by atoms with E-state index in [2.05, 4.69) is 10.3 Å². The summed E-state index contributed by atoms with van der Waals surface area (Å²) in [6.45, 7) is 3.23. The minimum Gasteiger partial charge on any atom is -0.352 e. The molecule has 1 rings (SSSR count). The molecule has 0 aromatic carbocycles. The van der Waals surface area contributed by atoms with Crippen LogP contribution in [0.4, 0.5) is 0 Å². The highest BCUT2D eigenvalue weighted by Crippen LogP contribution is 1.98. The summed E-state index contributed by atoms with van der Waals surface area (Å²) in [5.74, 6) is -0.0699. The first-order valence-corrected chi connectivity index (χ1v) is 5.15. The summed E-state index contributed by atoms with van der Waals surface area (Å²) in [6.07, 6.45) is 3.45. The molecular weight excluding hydrogens is 190 g/mol. The van der Waals surface area contributed by atoms with Crippen molar-refractivity contribution in [2.24, 2.45) is 5.73 Å². The number of hydrogen-bond donors (Lipinski definition) is 2. The Kier molecular flexibility index (Phi) is 4.77. The van der Waals surface area contributed by atoms with Gasteiger partial charge in [0.1, 0.15) is 0 Å². The van der Waals surface area contributed by atoms with Gasteiger partial charge in [-0.15, -0.1) is 0 Å². The minimum absolute atomic E-state index is 0.0699. The molecule has 15 heavy (non-hydrogen) atoms. The number of aryl methyl sites for hydroxylation is 1. The van der Waals surface area contributed by atoms with E-state index in [1.54, 1.807) is 12.3 Å². The van der Waals surface area contributed by atoms with E-state index >= 15 is 0 Å². The molecule has 1 heterocycles. The van der Waals surface area contributed by atoms with Crippen molar-refractivity contribution in [1.82, 2.24) is 10.3 Å². The van der Waals surface area contributed by atoms with Gasteiger partial charge in [0.25, 0.3) is 5.91 Å². The third kappa shape index (κ3) is 4.08. The fourth-order valence-electron chi connectivity index (χ4n) is 1.18. The van der Waals surface area contributed by atoms with Crippen LogP contribution in [0.1, 0.15) is 28.9 Å². The predicted molar refractivity (Wildman–Crippen MR) is 59.6 cm³/mol. The van der Waals surface area contributed by atoms with Crippen LogP contribution in [0, 0.1) is 6.92 Å². The number of amides is 1. The molecule has 3 N–H and O–H groups in total. The number of nitrogens with two attached hydrogens (primary N) is 1. The van der Waals surface area contributed by atoms with E-state index in [1.807, 2.05) is 13.0 Å². The SMILES string of the molecule is Cc1ccc(C(=O)NCCCCN)cn1. The van der Waals surface area contributed by atoms with Crippen molar-refractivity contribution in [3.05, 3.63) is 29.6 Å². The lowest BCUT2D eigenvalue weighted by atomic mass is 10.2. The van der Waals surface area contributed by atoms with Gasteiger partial charge in [-0.1, -0.05) is 0 Å². The maximum absolute atomic E-state index is 11.5. The first-order chi connectivity index (χ1) is 7.24. The van der Waals surface area contributed by atoms with Gasteiger partial charge in [0.15, 0.2) is 0 Å². The third-order valence-corrected chi connectivity index (χ3v) is 2.09. The minimum atomic E-state index is -0.0699. The van der Waals surface area contributed by atoms with E-state index in [4.69, 9.17) is 5.73 Å². The van der Waals surface area contributed by atoms with Crippen LogP contribution < -0.4 is 11.1 Å². The van der Waals surface area contributed by atoms with E-state index in [1.165, 1.54) is 0 Å². The molecule has 0 bridgehead atoms. The second-order valence-corrected chi connectivity index (χ2v) is 3.44. The smallest absolute Gasteiger partial charge is 0.252 e. The maximum atomic E-state index is 11.5. The average molecular weight is 207 g/mol. The Morgan fingerprint density at radius 3 is 2.87 bits per heavy atom. The molecule has 0 aliphatic rings. The molecule has 4 nitrogen and oxygen atoms in total. The Morgan fingerprint density at radius 1 is 1.47 bits per heavy atom.